The van der Waals surface area contributed by atoms with Crippen molar-refractivity contribution in [3.05, 3.63) is 70.1 Å². The molecular formula is C16H15F2N3O3. The third-order valence-corrected chi connectivity index (χ3v) is 3.30. The van der Waals surface area contributed by atoms with Crippen LogP contribution in [0.15, 0.2) is 47.4 Å². The second-order valence-electron chi connectivity index (χ2n) is 4.96. The predicted octanol–water partition coefficient (Wildman–Crippen LogP) is 0.730. The van der Waals surface area contributed by atoms with Gasteiger partial charge in [-0.05, 0) is 23.8 Å². The van der Waals surface area contributed by atoms with Gasteiger partial charge in [-0.1, -0.05) is 12.1 Å². The van der Waals surface area contributed by atoms with E-state index in [4.69, 9.17) is 0 Å². The van der Waals surface area contributed by atoms with Gasteiger partial charge in [-0.25, -0.2) is 8.78 Å². The van der Waals surface area contributed by atoms with Crippen LogP contribution in [0.3, 0.4) is 0 Å². The first-order valence-electron chi connectivity index (χ1n) is 7.03. The van der Waals surface area contributed by atoms with Gasteiger partial charge in [0.2, 0.25) is 11.8 Å². The van der Waals surface area contributed by atoms with Gasteiger partial charge >= 0.3 is 0 Å². The normalized spacial score (nSPS) is 11.6. The van der Waals surface area contributed by atoms with Gasteiger partial charge in [0.15, 0.2) is 11.6 Å². The third-order valence-electron chi connectivity index (χ3n) is 3.30. The fourth-order valence-electron chi connectivity index (χ4n) is 2.09. The average Bonchev–Trinajstić information content (AvgIpc) is 2.56. The Balaban J connectivity index is 2.21. The molecule has 0 saturated heterocycles. The Kier molecular flexibility index (Phi) is 5.41. The zero-order valence-corrected chi connectivity index (χ0v) is 12.8. The van der Waals surface area contributed by atoms with Crippen molar-refractivity contribution in [3.63, 3.8) is 0 Å². The van der Waals surface area contributed by atoms with Crippen LogP contribution in [0.2, 0.25) is 0 Å². The van der Waals surface area contributed by atoms with Crippen molar-refractivity contribution in [2.45, 2.75) is 12.6 Å². The summed E-state index contributed by atoms with van der Waals surface area (Å²) in [6, 6.07) is 6.10. The van der Waals surface area contributed by atoms with Crippen molar-refractivity contribution in [1.82, 2.24) is 15.2 Å². The number of benzene rings is 1. The minimum atomic E-state index is -1.21. The molecule has 1 aromatic carbocycles. The lowest BCUT2D eigenvalue weighted by molar-refractivity contribution is -0.129. The summed E-state index contributed by atoms with van der Waals surface area (Å²) in [5.74, 6) is -3.41. The standard InChI is InChI=1S/C16H15F2N3O3/c1-19-16(24)15(10-5-6-11(17)12(18)8-10)20-13(22)9-21-7-3-2-4-14(21)23/h2-8,15H,9H2,1H3,(H,19,24)(H,20,22). The quantitative estimate of drug-likeness (QED) is 0.845. The summed E-state index contributed by atoms with van der Waals surface area (Å²) in [5.41, 5.74) is -0.293. The van der Waals surface area contributed by atoms with E-state index in [0.29, 0.717) is 0 Å². The number of hydrogen-bond donors (Lipinski definition) is 2. The Morgan fingerprint density at radius 2 is 1.92 bits per heavy atom. The van der Waals surface area contributed by atoms with Crippen LogP contribution in [0.25, 0.3) is 0 Å². The van der Waals surface area contributed by atoms with Crippen LogP contribution in [0.1, 0.15) is 11.6 Å². The average molecular weight is 335 g/mol. The van der Waals surface area contributed by atoms with Crippen LogP contribution in [0, 0.1) is 11.6 Å². The zero-order valence-electron chi connectivity index (χ0n) is 12.8. The summed E-state index contributed by atoms with van der Waals surface area (Å²) in [5, 5.41) is 4.75. The number of carbonyl (C=O) groups excluding carboxylic acids is 2. The molecule has 6 nitrogen and oxygen atoms in total. The number of rotatable bonds is 5. The highest BCUT2D eigenvalue weighted by molar-refractivity contribution is 5.88. The molecule has 0 saturated carbocycles. The van der Waals surface area contributed by atoms with Crippen LogP contribution in [-0.4, -0.2) is 23.4 Å². The van der Waals surface area contributed by atoms with Crippen molar-refractivity contribution >= 4 is 11.8 Å². The van der Waals surface area contributed by atoms with Crippen molar-refractivity contribution in [2.75, 3.05) is 7.05 Å². The van der Waals surface area contributed by atoms with Gasteiger partial charge in [0.25, 0.3) is 5.56 Å². The highest BCUT2D eigenvalue weighted by Gasteiger charge is 2.23. The van der Waals surface area contributed by atoms with E-state index in [-0.39, 0.29) is 17.7 Å². The number of hydrogen-bond acceptors (Lipinski definition) is 3. The lowest BCUT2D eigenvalue weighted by Gasteiger charge is -2.18. The lowest BCUT2D eigenvalue weighted by atomic mass is 10.1. The van der Waals surface area contributed by atoms with Gasteiger partial charge < -0.3 is 15.2 Å². The Bertz CT molecular complexity index is 820. The molecule has 0 aliphatic carbocycles. The van der Waals surface area contributed by atoms with Gasteiger partial charge in [0.05, 0.1) is 0 Å². The number of nitrogens with zero attached hydrogens (tertiary/aromatic N) is 1. The number of likely N-dealkylation sites (N-methyl/N-ethyl adjacent to an activating group) is 1. The molecule has 1 heterocycles. The van der Waals surface area contributed by atoms with E-state index in [9.17, 15) is 23.2 Å². The molecule has 1 aromatic heterocycles. The van der Waals surface area contributed by atoms with Crippen LogP contribution in [0.4, 0.5) is 8.78 Å². The van der Waals surface area contributed by atoms with E-state index in [1.54, 1.807) is 6.07 Å². The molecule has 8 heteroatoms. The molecule has 0 aliphatic heterocycles. The van der Waals surface area contributed by atoms with E-state index in [0.717, 1.165) is 16.7 Å². The smallest absolute Gasteiger partial charge is 0.250 e. The van der Waals surface area contributed by atoms with Crippen LogP contribution < -0.4 is 16.2 Å². The molecule has 2 aromatic rings. The lowest BCUT2D eigenvalue weighted by Crippen LogP contribution is -2.41. The zero-order chi connectivity index (χ0) is 17.7. The molecule has 0 aliphatic rings. The molecule has 0 spiro atoms. The molecule has 0 fully saturated rings. The molecule has 2 N–H and O–H groups in total. The number of carbonyl (C=O) groups is 2. The van der Waals surface area contributed by atoms with Gasteiger partial charge in [0, 0.05) is 19.3 Å². The van der Waals surface area contributed by atoms with Crippen LogP contribution in [-0.2, 0) is 16.1 Å². The molecule has 1 atom stereocenters. The minimum absolute atomic E-state index is 0.0852. The summed E-state index contributed by atoms with van der Waals surface area (Å²) >= 11 is 0. The predicted molar refractivity (Wildman–Crippen MR) is 82.0 cm³/mol. The topological polar surface area (TPSA) is 80.2 Å². The number of halogens is 2. The second-order valence-corrected chi connectivity index (χ2v) is 4.96. The molecule has 2 amide bonds. The maximum Gasteiger partial charge on any atom is 0.250 e. The number of amides is 2. The van der Waals surface area contributed by atoms with Gasteiger partial charge in [-0.3, -0.25) is 14.4 Å². The highest BCUT2D eigenvalue weighted by Crippen LogP contribution is 2.17. The monoisotopic (exact) mass is 335 g/mol. The molecule has 0 radical (unpaired) electrons. The molecule has 1 unspecified atom stereocenters. The van der Waals surface area contributed by atoms with Gasteiger partial charge in [-0.15, -0.1) is 0 Å². The van der Waals surface area contributed by atoms with Crippen LogP contribution >= 0.6 is 0 Å². The second kappa shape index (κ2) is 7.49. The molecule has 126 valence electrons. The number of pyridine rings is 1. The SMILES string of the molecule is CNC(=O)C(NC(=O)Cn1ccccc1=O)c1ccc(F)c(F)c1. The summed E-state index contributed by atoms with van der Waals surface area (Å²) in [6.07, 6.45) is 1.42. The van der Waals surface area contributed by atoms with Crippen molar-refractivity contribution in [2.24, 2.45) is 0 Å². The highest BCUT2D eigenvalue weighted by atomic mass is 19.2. The van der Waals surface area contributed by atoms with E-state index >= 15 is 0 Å². The van der Waals surface area contributed by atoms with E-state index in [1.165, 1.54) is 31.4 Å². The van der Waals surface area contributed by atoms with Crippen molar-refractivity contribution in [3.8, 4) is 0 Å². The first kappa shape index (κ1) is 17.3. The fourth-order valence-corrected chi connectivity index (χ4v) is 2.09. The maximum atomic E-state index is 13.4. The van der Waals surface area contributed by atoms with Gasteiger partial charge in [-0.2, -0.15) is 0 Å². The Labute approximate surface area is 136 Å². The van der Waals surface area contributed by atoms with E-state index in [1.807, 2.05) is 0 Å². The van der Waals surface area contributed by atoms with E-state index in [2.05, 4.69) is 10.6 Å². The largest absolute Gasteiger partial charge is 0.357 e. The molecular weight excluding hydrogens is 320 g/mol. The number of aromatic nitrogens is 1. The molecule has 2 rings (SSSR count). The Morgan fingerprint density at radius 1 is 1.17 bits per heavy atom. The molecule has 0 bridgehead atoms. The fraction of sp³-hybridized carbons (Fsp3) is 0.188. The van der Waals surface area contributed by atoms with Crippen molar-refractivity contribution < 1.29 is 18.4 Å². The summed E-state index contributed by atoms with van der Waals surface area (Å²) in [4.78, 5) is 35.7. The van der Waals surface area contributed by atoms with E-state index < -0.39 is 29.5 Å². The third kappa shape index (κ3) is 4.03. The summed E-state index contributed by atoms with van der Waals surface area (Å²) in [6.45, 7) is -0.309. The summed E-state index contributed by atoms with van der Waals surface area (Å²) < 4.78 is 27.6. The maximum absolute atomic E-state index is 13.4. The minimum Gasteiger partial charge on any atom is -0.357 e. The Morgan fingerprint density at radius 3 is 2.54 bits per heavy atom. The van der Waals surface area contributed by atoms with Crippen LogP contribution in [0.5, 0.6) is 0 Å². The number of nitrogens with one attached hydrogen (secondary N) is 2. The molecule has 24 heavy (non-hydrogen) atoms. The summed E-state index contributed by atoms with van der Waals surface area (Å²) in [7, 11) is 1.35. The first-order valence-corrected chi connectivity index (χ1v) is 7.03. The van der Waals surface area contributed by atoms with Crippen molar-refractivity contribution in [1.29, 1.82) is 0 Å². The first-order chi connectivity index (χ1) is 11.4. The van der Waals surface area contributed by atoms with Gasteiger partial charge in [0.1, 0.15) is 12.6 Å². The Hall–Kier alpha value is -3.03.